The Kier molecular flexibility index (Phi) is 2.93. The molecule has 3 N–H and O–H groups in total. The lowest BCUT2D eigenvalue weighted by Crippen LogP contribution is -2.26. The summed E-state index contributed by atoms with van der Waals surface area (Å²) in [4.78, 5) is 0. The van der Waals surface area contributed by atoms with Crippen molar-refractivity contribution in [1.82, 2.24) is 5.32 Å². The van der Waals surface area contributed by atoms with E-state index in [4.69, 9.17) is 5.73 Å². The van der Waals surface area contributed by atoms with Gasteiger partial charge < -0.3 is 11.1 Å². The van der Waals surface area contributed by atoms with Gasteiger partial charge >= 0.3 is 0 Å². The van der Waals surface area contributed by atoms with Crippen LogP contribution in [0.3, 0.4) is 0 Å². The molecule has 1 fully saturated rings. The number of hydrogen-bond donors (Lipinski definition) is 2. The zero-order valence-corrected chi connectivity index (χ0v) is 10.5. The molecule has 0 radical (unpaired) electrons. The average molecular weight is 230 g/mol. The Hall–Kier alpha value is -0.860. The van der Waals surface area contributed by atoms with Crippen LogP contribution in [0.2, 0.25) is 0 Å². The third-order valence-corrected chi connectivity index (χ3v) is 4.37. The molecule has 0 heterocycles. The Morgan fingerprint density at radius 3 is 2.71 bits per heavy atom. The molecule has 3 rings (SSSR count). The van der Waals surface area contributed by atoms with Crippen LogP contribution in [0.4, 0.5) is 0 Å². The molecule has 1 aromatic rings. The van der Waals surface area contributed by atoms with Gasteiger partial charge in [-0.2, -0.15) is 0 Å². The lowest BCUT2D eigenvalue weighted by Gasteiger charge is -2.17. The van der Waals surface area contributed by atoms with Crippen LogP contribution in [0.15, 0.2) is 24.3 Å². The topological polar surface area (TPSA) is 38.0 Å². The van der Waals surface area contributed by atoms with Gasteiger partial charge in [0.2, 0.25) is 0 Å². The third-order valence-electron chi connectivity index (χ3n) is 4.37. The summed E-state index contributed by atoms with van der Waals surface area (Å²) in [6.07, 6.45) is 3.92. The molecule has 0 amide bonds. The molecular weight excluding hydrogens is 208 g/mol. The standard InChI is InChI=1S/C15H22N2/c1-10(11-6-7-11)9-17-15-8-14(16)12-4-2-3-5-13(12)15/h2-5,10-11,14-15,17H,6-9,16H2,1H3. The molecule has 0 saturated heterocycles. The maximum atomic E-state index is 6.18. The summed E-state index contributed by atoms with van der Waals surface area (Å²) in [7, 11) is 0. The van der Waals surface area contributed by atoms with Crippen molar-refractivity contribution in [1.29, 1.82) is 0 Å². The van der Waals surface area contributed by atoms with Crippen molar-refractivity contribution in [3.8, 4) is 0 Å². The second-order valence-corrected chi connectivity index (χ2v) is 5.75. The zero-order chi connectivity index (χ0) is 11.8. The largest absolute Gasteiger partial charge is 0.324 e. The van der Waals surface area contributed by atoms with Crippen molar-refractivity contribution in [2.24, 2.45) is 17.6 Å². The number of rotatable bonds is 4. The Bertz CT molecular complexity index is 398. The van der Waals surface area contributed by atoms with Crippen molar-refractivity contribution in [3.05, 3.63) is 35.4 Å². The minimum absolute atomic E-state index is 0.222. The predicted molar refractivity (Wildman–Crippen MR) is 70.6 cm³/mol. The molecule has 2 heteroatoms. The summed E-state index contributed by atoms with van der Waals surface area (Å²) in [5, 5.41) is 3.71. The quantitative estimate of drug-likeness (QED) is 0.834. The molecule has 2 nitrogen and oxygen atoms in total. The molecule has 3 atom stereocenters. The average Bonchev–Trinajstić information content (AvgIpc) is 3.14. The van der Waals surface area contributed by atoms with E-state index in [1.165, 1.54) is 24.0 Å². The molecule has 17 heavy (non-hydrogen) atoms. The third kappa shape index (κ3) is 2.24. The molecule has 0 bridgehead atoms. The SMILES string of the molecule is CC(CNC1CC(N)c2ccccc21)C1CC1. The number of nitrogens with one attached hydrogen (secondary N) is 1. The van der Waals surface area contributed by atoms with Gasteiger partial charge in [0.15, 0.2) is 0 Å². The molecular formula is C15H22N2. The lowest BCUT2D eigenvalue weighted by molar-refractivity contribution is 0.410. The van der Waals surface area contributed by atoms with E-state index in [1.807, 2.05) is 0 Å². The minimum atomic E-state index is 0.222. The summed E-state index contributed by atoms with van der Waals surface area (Å²) in [5.41, 5.74) is 8.93. The van der Waals surface area contributed by atoms with Crippen molar-refractivity contribution < 1.29 is 0 Å². The minimum Gasteiger partial charge on any atom is -0.324 e. The second-order valence-electron chi connectivity index (χ2n) is 5.75. The van der Waals surface area contributed by atoms with E-state index >= 15 is 0 Å². The van der Waals surface area contributed by atoms with E-state index in [0.717, 1.165) is 24.8 Å². The highest BCUT2D eigenvalue weighted by atomic mass is 14.9. The maximum absolute atomic E-state index is 6.18. The summed E-state index contributed by atoms with van der Waals surface area (Å²) < 4.78 is 0. The van der Waals surface area contributed by atoms with Gasteiger partial charge in [0, 0.05) is 12.1 Å². The number of benzene rings is 1. The summed E-state index contributed by atoms with van der Waals surface area (Å²) in [6, 6.07) is 9.31. The van der Waals surface area contributed by atoms with Crippen LogP contribution in [0.5, 0.6) is 0 Å². The predicted octanol–water partition coefficient (Wildman–Crippen LogP) is 2.77. The molecule has 1 saturated carbocycles. The molecule has 1 aromatic carbocycles. The van der Waals surface area contributed by atoms with E-state index in [2.05, 4.69) is 36.5 Å². The van der Waals surface area contributed by atoms with Crippen LogP contribution >= 0.6 is 0 Å². The molecule has 92 valence electrons. The fraction of sp³-hybridized carbons (Fsp3) is 0.600. The van der Waals surface area contributed by atoms with Gasteiger partial charge in [0.05, 0.1) is 0 Å². The van der Waals surface area contributed by atoms with Gasteiger partial charge in [-0.3, -0.25) is 0 Å². The van der Waals surface area contributed by atoms with Crippen molar-refractivity contribution in [3.63, 3.8) is 0 Å². The fourth-order valence-corrected chi connectivity index (χ4v) is 3.03. The van der Waals surface area contributed by atoms with Gasteiger partial charge in [-0.1, -0.05) is 31.2 Å². The van der Waals surface area contributed by atoms with Crippen LogP contribution in [-0.2, 0) is 0 Å². The van der Waals surface area contributed by atoms with E-state index in [1.54, 1.807) is 0 Å². The molecule has 3 unspecified atom stereocenters. The zero-order valence-electron chi connectivity index (χ0n) is 10.5. The fourth-order valence-electron chi connectivity index (χ4n) is 3.03. The Morgan fingerprint density at radius 1 is 1.29 bits per heavy atom. The summed E-state index contributed by atoms with van der Waals surface area (Å²) in [6.45, 7) is 3.50. The Labute approximate surface area is 104 Å². The Morgan fingerprint density at radius 2 is 2.00 bits per heavy atom. The van der Waals surface area contributed by atoms with Crippen LogP contribution in [0.1, 0.15) is 49.4 Å². The summed E-state index contributed by atoms with van der Waals surface area (Å²) >= 11 is 0. The van der Waals surface area contributed by atoms with Crippen molar-refractivity contribution in [2.75, 3.05) is 6.54 Å². The monoisotopic (exact) mass is 230 g/mol. The summed E-state index contributed by atoms with van der Waals surface area (Å²) in [5.74, 6) is 1.80. The Balaban J connectivity index is 1.65. The first-order valence-electron chi connectivity index (χ1n) is 6.83. The molecule has 2 aliphatic rings. The van der Waals surface area contributed by atoms with Crippen LogP contribution in [0.25, 0.3) is 0 Å². The van der Waals surface area contributed by atoms with E-state index in [-0.39, 0.29) is 6.04 Å². The van der Waals surface area contributed by atoms with Gasteiger partial charge in [-0.15, -0.1) is 0 Å². The van der Waals surface area contributed by atoms with Gasteiger partial charge in [0.25, 0.3) is 0 Å². The first kappa shape index (κ1) is 11.2. The van der Waals surface area contributed by atoms with E-state index in [0.29, 0.717) is 6.04 Å². The highest BCUT2D eigenvalue weighted by molar-refractivity contribution is 5.37. The molecule has 0 aromatic heterocycles. The highest BCUT2D eigenvalue weighted by Gasteiger charge is 2.31. The van der Waals surface area contributed by atoms with Crippen LogP contribution < -0.4 is 11.1 Å². The van der Waals surface area contributed by atoms with E-state index in [9.17, 15) is 0 Å². The first-order valence-corrected chi connectivity index (χ1v) is 6.83. The van der Waals surface area contributed by atoms with Crippen LogP contribution in [-0.4, -0.2) is 6.54 Å². The maximum Gasteiger partial charge on any atom is 0.0341 e. The smallest absolute Gasteiger partial charge is 0.0341 e. The normalized spacial score (nSPS) is 29.1. The van der Waals surface area contributed by atoms with Gasteiger partial charge in [0.1, 0.15) is 0 Å². The number of hydrogen-bond acceptors (Lipinski definition) is 2. The van der Waals surface area contributed by atoms with E-state index < -0.39 is 0 Å². The molecule has 2 aliphatic carbocycles. The first-order chi connectivity index (χ1) is 8.25. The molecule has 0 aliphatic heterocycles. The van der Waals surface area contributed by atoms with Crippen molar-refractivity contribution >= 4 is 0 Å². The van der Waals surface area contributed by atoms with Gasteiger partial charge in [-0.25, -0.2) is 0 Å². The van der Waals surface area contributed by atoms with Gasteiger partial charge in [-0.05, 0) is 48.8 Å². The number of nitrogens with two attached hydrogens (primary N) is 1. The highest BCUT2D eigenvalue weighted by Crippen LogP contribution is 2.39. The van der Waals surface area contributed by atoms with Crippen LogP contribution in [0, 0.1) is 11.8 Å². The molecule has 0 spiro atoms. The second kappa shape index (κ2) is 4.43. The number of fused-ring (bicyclic) bond motifs is 1. The van der Waals surface area contributed by atoms with Crippen molar-refractivity contribution in [2.45, 2.75) is 38.3 Å². The lowest BCUT2D eigenvalue weighted by atomic mass is 10.0.